The zero-order valence-corrected chi connectivity index (χ0v) is 13.5. The molecule has 0 atom stereocenters. The summed E-state index contributed by atoms with van der Waals surface area (Å²) in [6.07, 6.45) is 1.85. The highest BCUT2D eigenvalue weighted by atomic mass is 16.2. The second kappa shape index (κ2) is 6.16. The van der Waals surface area contributed by atoms with Gasteiger partial charge in [0.2, 0.25) is 0 Å². The summed E-state index contributed by atoms with van der Waals surface area (Å²) >= 11 is 0. The molecule has 0 aliphatic rings. The van der Waals surface area contributed by atoms with E-state index in [0.717, 1.165) is 11.3 Å². The molecule has 8 heteroatoms. The van der Waals surface area contributed by atoms with Crippen LogP contribution in [0.5, 0.6) is 0 Å². The molecule has 0 aliphatic heterocycles. The number of pyridine rings is 1. The van der Waals surface area contributed by atoms with Gasteiger partial charge >= 0.3 is 0 Å². The van der Waals surface area contributed by atoms with Crippen molar-refractivity contribution in [3.05, 3.63) is 71.9 Å². The van der Waals surface area contributed by atoms with Crippen LogP contribution in [0, 0.1) is 6.92 Å². The van der Waals surface area contributed by atoms with Gasteiger partial charge in [0.1, 0.15) is 0 Å². The van der Waals surface area contributed by atoms with Crippen LogP contribution in [0.2, 0.25) is 0 Å². The third kappa shape index (κ3) is 2.85. The molecule has 3 aromatic heterocycles. The molecule has 0 radical (unpaired) electrons. The minimum atomic E-state index is -0.299. The van der Waals surface area contributed by atoms with Crippen LogP contribution in [-0.2, 0) is 6.54 Å². The summed E-state index contributed by atoms with van der Waals surface area (Å²) in [7, 11) is 0. The normalized spacial score (nSPS) is 10.9. The molecule has 0 saturated heterocycles. The number of hydrogen-bond acceptors (Lipinski definition) is 5. The van der Waals surface area contributed by atoms with Crippen molar-refractivity contribution in [2.45, 2.75) is 13.5 Å². The standard InChI is InChI=1S/C17H15N7O/c1-12-16(22-24(21-12)13-7-3-2-4-8-13)17(25)18-11-15-20-19-14-9-5-6-10-23(14)15/h2-10H,11H2,1H3,(H,18,25). The Balaban J connectivity index is 1.53. The number of rotatable bonds is 4. The number of para-hydroxylation sites is 1. The lowest BCUT2D eigenvalue weighted by Crippen LogP contribution is -2.25. The van der Waals surface area contributed by atoms with Crippen molar-refractivity contribution in [1.29, 1.82) is 0 Å². The Morgan fingerprint density at radius 2 is 1.84 bits per heavy atom. The summed E-state index contributed by atoms with van der Waals surface area (Å²) in [6.45, 7) is 2.01. The van der Waals surface area contributed by atoms with Crippen molar-refractivity contribution in [3.8, 4) is 5.69 Å². The summed E-state index contributed by atoms with van der Waals surface area (Å²) in [5, 5.41) is 19.6. The molecule has 3 heterocycles. The average molecular weight is 333 g/mol. The number of carbonyl (C=O) groups is 1. The molecule has 0 aliphatic carbocycles. The summed E-state index contributed by atoms with van der Waals surface area (Å²) < 4.78 is 1.83. The zero-order valence-electron chi connectivity index (χ0n) is 13.5. The van der Waals surface area contributed by atoms with E-state index in [1.807, 2.05) is 59.1 Å². The number of nitrogens with zero attached hydrogens (tertiary/aromatic N) is 6. The highest BCUT2D eigenvalue weighted by molar-refractivity contribution is 5.93. The van der Waals surface area contributed by atoms with E-state index in [4.69, 9.17) is 0 Å². The predicted octanol–water partition coefficient (Wildman–Crippen LogP) is 1.55. The van der Waals surface area contributed by atoms with Crippen LogP contribution in [0.25, 0.3) is 11.3 Å². The van der Waals surface area contributed by atoms with Gasteiger partial charge in [-0.2, -0.15) is 9.90 Å². The van der Waals surface area contributed by atoms with Crippen molar-refractivity contribution in [2.24, 2.45) is 0 Å². The number of aromatic nitrogens is 6. The first kappa shape index (κ1) is 15.0. The van der Waals surface area contributed by atoms with Crippen molar-refractivity contribution in [3.63, 3.8) is 0 Å². The predicted molar refractivity (Wildman–Crippen MR) is 90.3 cm³/mol. The van der Waals surface area contributed by atoms with Crippen LogP contribution >= 0.6 is 0 Å². The maximum absolute atomic E-state index is 12.5. The van der Waals surface area contributed by atoms with Crippen LogP contribution in [0.15, 0.2) is 54.7 Å². The highest BCUT2D eigenvalue weighted by Crippen LogP contribution is 2.08. The third-order valence-electron chi connectivity index (χ3n) is 3.78. The molecule has 124 valence electrons. The number of carbonyl (C=O) groups excluding carboxylic acids is 1. The topological polar surface area (TPSA) is 90.0 Å². The van der Waals surface area contributed by atoms with Gasteiger partial charge in [0.15, 0.2) is 17.2 Å². The Labute approximate surface area is 143 Å². The molecule has 25 heavy (non-hydrogen) atoms. The molecule has 0 fully saturated rings. The lowest BCUT2D eigenvalue weighted by molar-refractivity contribution is 0.0943. The second-order valence-corrected chi connectivity index (χ2v) is 5.49. The molecule has 0 bridgehead atoms. The van der Waals surface area contributed by atoms with E-state index >= 15 is 0 Å². The number of fused-ring (bicyclic) bond motifs is 1. The van der Waals surface area contributed by atoms with Crippen LogP contribution in [0.3, 0.4) is 0 Å². The Hall–Kier alpha value is -3.55. The Morgan fingerprint density at radius 3 is 2.68 bits per heavy atom. The van der Waals surface area contributed by atoms with E-state index in [1.165, 1.54) is 4.80 Å². The van der Waals surface area contributed by atoms with Gasteiger partial charge in [-0.15, -0.1) is 15.3 Å². The van der Waals surface area contributed by atoms with Crippen molar-refractivity contribution >= 4 is 11.6 Å². The van der Waals surface area contributed by atoms with E-state index in [0.29, 0.717) is 11.5 Å². The first-order chi connectivity index (χ1) is 12.2. The van der Waals surface area contributed by atoms with Crippen LogP contribution < -0.4 is 5.32 Å². The Morgan fingerprint density at radius 1 is 1.04 bits per heavy atom. The number of nitrogens with one attached hydrogen (secondary N) is 1. The van der Waals surface area contributed by atoms with E-state index in [-0.39, 0.29) is 18.1 Å². The number of hydrogen-bond donors (Lipinski definition) is 1. The van der Waals surface area contributed by atoms with E-state index < -0.39 is 0 Å². The van der Waals surface area contributed by atoms with Crippen LogP contribution in [0.1, 0.15) is 22.0 Å². The van der Waals surface area contributed by atoms with Gasteiger partial charge in [-0.05, 0) is 31.2 Å². The summed E-state index contributed by atoms with van der Waals surface area (Å²) in [5.74, 6) is 0.351. The fourth-order valence-electron chi connectivity index (χ4n) is 2.52. The van der Waals surface area contributed by atoms with E-state index in [9.17, 15) is 4.79 Å². The molecule has 1 amide bonds. The quantitative estimate of drug-likeness (QED) is 0.612. The lowest BCUT2D eigenvalue weighted by Gasteiger charge is -2.02. The number of amides is 1. The minimum Gasteiger partial charge on any atom is -0.343 e. The van der Waals surface area contributed by atoms with Gasteiger partial charge < -0.3 is 5.32 Å². The SMILES string of the molecule is Cc1nn(-c2ccccc2)nc1C(=O)NCc1nnc2ccccn12. The van der Waals surface area contributed by atoms with Gasteiger partial charge in [0.05, 0.1) is 17.9 Å². The molecule has 1 N–H and O–H groups in total. The Kier molecular flexibility index (Phi) is 3.70. The first-order valence-corrected chi connectivity index (χ1v) is 7.78. The fourth-order valence-corrected chi connectivity index (χ4v) is 2.52. The molecule has 0 saturated carbocycles. The second-order valence-electron chi connectivity index (χ2n) is 5.49. The molecule has 1 aromatic carbocycles. The van der Waals surface area contributed by atoms with Gasteiger partial charge in [0, 0.05) is 6.20 Å². The monoisotopic (exact) mass is 333 g/mol. The molecule has 0 spiro atoms. The summed E-state index contributed by atoms with van der Waals surface area (Å²) in [5.41, 5.74) is 2.39. The van der Waals surface area contributed by atoms with Crippen molar-refractivity contribution in [1.82, 2.24) is 34.9 Å². The largest absolute Gasteiger partial charge is 0.343 e. The molecule has 4 aromatic rings. The summed E-state index contributed by atoms with van der Waals surface area (Å²) in [6, 6.07) is 15.1. The average Bonchev–Trinajstić information content (AvgIpc) is 3.24. The maximum atomic E-state index is 12.5. The zero-order chi connectivity index (χ0) is 17.2. The maximum Gasteiger partial charge on any atom is 0.274 e. The van der Waals surface area contributed by atoms with Crippen molar-refractivity contribution in [2.75, 3.05) is 0 Å². The fraction of sp³-hybridized carbons (Fsp3) is 0.118. The molecular formula is C17H15N7O. The lowest BCUT2D eigenvalue weighted by atomic mass is 10.3. The molecular weight excluding hydrogens is 318 g/mol. The van der Waals surface area contributed by atoms with E-state index in [1.54, 1.807) is 6.92 Å². The van der Waals surface area contributed by atoms with Gasteiger partial charge in [0.25, 0.3) is 5.91 Å². The Bertz CT molecular complexity index is 1040. The number of aryl methyl sites for hydroxylation is 1. The third-order valence-corrected chi connectivity index (χ3v) is 3.78. The van der Waals surface area contributed by atoms with Gasteiger partial charge in [-0.1, -0.05) is 24.3 Å². The van der Waals surface area contributed by atoms with Gasteiger partial charge in [-0.25, -0.2) is 0 Å². The van der Waals surface area contributed by atoms with Crippen LogP contribution in [-0.4, -0.2) is 35.5 Å². The van der Waals surface area contributed by atoms with E-state index in [2.05, 4.69) is 25.7 Å². The number of benzene rings is 1. The van der Waals surface area contributed by atoms with Crippen molar-refractivity contribution < 1.29 is 4.79 Å². The molecule has 4 rings (SSSR count). The van der Waals surface area contributed by atoms with Crippen LogP contribution in [0.4, 0.5) is 0 Å². The summed E-state index contributed by atoms with van der Waals surface area (Å²) in [4.78, 5) is 13.9. The minimum absolute atomic E-state index is 0.252. The molecule has 8 nitrogen and oxygen atoms in total. The highest BCUT2D eigenvalue weighted by Gasteiger charge is 2.17. The first-order valence-electron chi connectivity index (χ1n) is 7.78. The van der Waals surface area contributed by atoms with Gasteiger partial charge in [-0.3, -0.25) is 9.20 Å². The smallest absolute Gasteiger partial charge is 0.274 e. The molecule has 0 unspecified atom stereocenters.